The Labute approximate surface area is 432 Å². The van der Waals surface area contributed by atoms with Crippen molar-refractivity contribution in [3.8, 4) is 73.5 Å². The first kappa shape index (κ1) is 42.5. The molecule has 15 aromatic rings. The number of nitrogens with zero attached hydrogens (tertiary/aromatic N) is 6. The molecular formula is C69H44N6. The molecule has 11 aromatic carbocycles. The molecule has 0 spiro atoms. The number of rotatable bonds is 8. The van der Waals surface area contributed by atoms with Gasteiger partial charge in [0, 0.05) is 54.8 Å². The van der Waals surface area contributed by atoms with Crippen LogP contribution in [0.5, 0.6) is 0 Å². The molecule has 0 saturated heterocycles. The SMILES string of the molecule is c1ccc(-c2ccc(-c3nc(-c4cccc(-c5ccccc5)c4)nc(-n4c5ccc(-n6c7ccccc7c7ccccc76)cc5c5ccc6c7ccccc7n(-c7cccc(-c8ccccc8)c7)c6c54)n3)cc2)cc1. The molecule has 0 unspecified atom stereocenters. The van der Waals surface area contributed by atoms with Gasteiger partial charge in [0.15, 0.2) is 11.6 Å². The zero-order chi connectivity index (χ0) is 49.4. The van der Waals surface area contributed by atoms with E-state index in [9.17, 15) is 0 Å². The molecule has 0 aliphatic heterocycles. The van der Waals surface area contributed by atoms with Crippen molar-refractivity contribution in [2.24, 2.45) is 0 Å². The second-order valence-corrected chi connectivity index (χ2v) is 19.2. The Bertz CT molecular complexity index is 4630. The quantitative estimate of drug-likeness (QED) is 0.152. The maximum atomic E-state index is 5.57. The van der Waals surface area contributed by atoms with E-state index in [4.69, 9.17) is 15.0 Å². The summed E-state index contributed by atoms with van der Waals surface area (Å²) < 4.78 is 7.14. The van der Waals surface area contributed by atoms with E-state index in [1.54, 1.807) is 0 Å². The zero-order valence-electron chi connectivity index (χ0n) is 40.6. The highest BCUT2D eigenvalue weighted by Crippen LogP contribution is 2.44. The topological polar surface area (TPSA) is 53.5 Å². The van der Waals surface area contributed by atoms with Crippen molar-refractivity contribution in [3.05, 3.63) is 267 Å². The summed E-state index contributed by atoms with van der Waals surface area (Å²) in [5, 5.41) is 6.91. The van der Waals surface area contributed by atoms with Crippen LogP contribution in [0.2, 0.25) is 0 Å². The van der Waals surface area contributed by atoms with Crippen LogP contribution in [0.3, 0.4) is 0 Å². The van der Waals surface area contributed by atoms with Crippen molar-refractivity contribution in [2.45, 2.75) is 0 Å². The van der Waals surface area contributed by atoms with Gasteiger partial charge in [-0.3, -0.25) is 4.57 Å². The lowest BCUT2D eigenvalue weighted by atomic mass is 10.0. The van der Waals surface area contributed by atoms with Gasteiger partial charge in [-0.1, -0.05) is 212 Å². The molecule has 15 rings (SSSR count). The maximum Gasteiger partial charge on any atom is 0.238 e. The zero-order valence-corrected chi connectivity index (χ0v) is 40.6. The molecule has 75 heavy (non-hydrogen) atoms. The molecular weight excluding hydrogens is 913 g/mol. The van der Waals surface area contributed by atoms with E-state index in [2.05, 4.69) is 275 Å². The number of hydrogen-bond donors (Lipinski definition) is 0. The number of fused-ring (bicyclic) bond motifs is 10. The minimum Gasteiger partial charge on any atom is -0.309 e. The third-order valence-corrected chi connectivity index (χ3v) is 14.9. The first-order valence-electron chi connectivity index (χ1n) is 25.4. The number of aromatic nitrogens is 6. The second kappa shape index (κ2) is 17.3. The van der Waals surface area contributed by atoms with Gasteiger partial charge in [-0.2, -0.15) is 9.97 Å². The van der Waals surface area contributed by atoms with Crippen molar-refractivity contribution < 1.29 is 0 Å². The van der Waals surface area contributed by atoms with Crippen molar-refractivity contribution in [1.82, 2.24) is 28.7 Å². The van der Waals surface area contributed by atoms with E-state index in [1.165, 1.54) is 10.8 Å². The van der Waals surface area contributed by atoms with Crippen molar-refractivity contribution in [1.29, 1.82) is 0 Å². The third-order valence-electron chi connectivity index (χ3n) is 14.9. The molecule has 6 nitrogen and oxygen atoms in total. The van der Waals surface area contributed by atoms with Gasteiger partial charge in [0.2, 0.25) is 5.95 Å². The molecule has 0 aliphatic rings. The Morgan fingerprint density at radius 3 is 1.25 bits per heavy atom. The van der Waals surface area contributed by atoms with Gasteiger partial charge in [0.05, 0.1) is 33.1 Å². The van der Waals surface area contributed by atoms with E-state index in [1.807, 2.05) is 6.07 Å². The summed E-state index contributed by atoms with van der Waals surface area (Å²) in [4.78, 5) is 16.5. The molecule has 0 saturated carbocycles. The minimum absolute atomic E-state index is 0.527. The van der Waals surface area contributed by atoms with E-state index < -0.39 is 0 Å². The lowest BCUT2D eigenvalue weighted by molar-refractivity contribution is 0.953. The molecule has 0 bridgehead atoms. The highest BCUT2D eigenvalue weighted by Gasteiger charge is 2.25. The van der Waals surface area contributed by atoms with Gasteiger partial charge in [-0.15, -0.1) is 0 Å². The number of hydrogen-bond acceptors (Lipinski definition) is 3. The van der Waals surface area contributed by atoms with Crippen LogP contribution in [0, 0.1) is 0 Å². The second-order valence-electron chi connectivity index (χ2n) is 19.2. The maximum absolute atomic E-state index is 5.57. The standard InChI is InChI=1S/C69H44N6/c1-4-18-45(19-5-1)48-34-36-49(37-35-48)67-70-68(52-26-16-24-50(42-52)46-20-6-2-7-21-46)72-69(71-67)75-64-41-38-54(73-61-31-13-10-28-55(61)56-29-11-14-32-62(56)73)44-60(64)59-40-39-58-57-30-12-15-33-63(57)74(65(58)66(59)75)53-27-17-25-51(43-53)47-22-8-3-9-23-47/h1-44H. The lowest BCUT2D eigenvalue weighted by Crippen LogP contribution is -2.07. The van der Waals surface area contributed by atoms with Crippen LogP contribution < -0.4 is 0 Å². The summed E-state index contributed by atoms with van der Waals surface area (Å²) >= 11 is 0. The molecule has 350 valence electrons. The highest BCUT2D eigenvalue weighted by molar-refractivity contribution is 6.24. The monoisotopic (exact) mass is 956 g/mol. The van der Waals surface area contributed by atoms with Crippen LogP contribution >= 0.6 is 0 Å². The van der Waals surface area contributed by atoms with E-state index in [0.29, 0.717) is 17.6 Å². The Morgan fingerprint density at radius 1 is 0.213 bits per heavy atom. The Kier molecular flexibility index (Phi) is 9.78. The fourth-order valence-electron chi connectivity index (χ4n) is 11.4. The fourth-order valence-corrected chi connectivity index (χ4v) is 11.4. The Balaban J connectivity index is 1.05. The number of para-hydroxylation sites is 3. The first-order valence-corrected chi connectivity index (χ1v) is 25.4. The molecule has 0 aliphatic carbocycles. The average Bonchev–Trinajstić information content (AvgIpc) is 4.25. The predicted octanol–water partition coefficient (Wildman–Crippen LogP) is 17.5. The van der Waals surface area contributed by atoms with Crippen LogP contribution in [0.4, 0.5) is 0 Å². The summed E-state index contributed by atoms with van der Waals surface area (Å²) in [6.45, 7) is 0. The van der Waals surface area contributed by atoms with Gasteiger partial charge in [-0.05, 0) is 88.0 Å². The summed E-state index contributed by atoms with van der Waals surface area (Å²) in [5.41, 5.74) is 17.2. The fraction of sp³-hybridized carbons (Fsp3) is 0. The average molecular weight is 957 g/mol. The molecule has 4 heterocycles. The summed E-state index contributed by atoms with van der Waals surface area (Å²) in [6, 6.07) is 95.3. The smallest absolute Gasteiger partial charge is 0.238 e. The summed E-state index contributed by atoms with van der Waals surface area (Å²) in [7, 11) is 0. The molecule has 0 atom stereocenters. The van der Waals surface area contributed by atoms with Crippen molar-refractivity contribution in [3.63, 3.8) is 0 Å². The Hall–Kier alpha value is -10.2. The molecule has 4 aromatic heterocycles. The minimum atomic E-state index is 0.527. The number of benzene rings is 11. The van der Waals surface area contributed by atoms with Crippen LogP contribution in [0.15, 0.2) is 267 Å². The van der Waals surface area contributed by atoms with Crippen LogP contribution in [-0.2, 0) is 0 Å². The predicted molar refractivity (Wildman–Crippen MR) is 310 cm³/mol. The normalized spacial score (nSPS) is 11.7. The van der Waals surface area contributed by atoms with Crippen molar-refractivity contribution >= 4 is 65.4 Å². The molecule has 0 fully saturated rings. The first-order chi connectivity index (χ1) is 37.2. The lowest BCUT2D eigenvalue weighted by Gasteiger charge is -2.14. The van der Waals surface area contributed by atoms with Gasteiger partial charge in [0.25, 0.3) is 0 Å². The van der Waals surface area contributed by atoms with Gasteiger partial charge >= 0.3 is 0 Å². The Morgan fingerprint density at radius 2 is 0.627 bits per heavy atom. The molecule has 6 heteroatoms. The summed E-state index contributed by atoms with van der Waals surface area (Å²) in [6.07, 6.45) is 0. The third kappa shape index (κ3) is 6.99. The van der Waals surface area contributed by atoms with Gasteiger partial charge < -0.3 is 9.13 Å². The van der Waals surface area contributed by atoms with Gasteiger partial charge in [-0.25, -0.2) is 4.98 Å². The van der Waals surface area contributed by atoms with E-state index >= 15 is 0 Å². The summed E-state index contributed by atoms with van der Waals surface area (Å²) in [5.74, 6) is 1.69. The van der Waals surface area contributed by atoms with Crippen LogP contribution in [0.25, 0.3) is 139 Å². The van der Waals surface area contributed by atoms with E-state index in [-0.39, 0.29) is 0 Å². The van der Waals surface area contributed by atoms with Gasteiger partial charge in [0.1, 0.15) is 0 Å². The van der Waals surface area contributed by atoms with E-state index in [0.717, 1.165) is 111 Å². The molecule has 0 radical (unpaired) electrons. The van der Waals surface area contributed by atoms with Crippen molar-refractivity contribution in [2.75, 3.05) is 0 Å². The van der Waals surface area contributed by atoms with Crippen LogP contribution in [0.1, 0.15) is 0 Å². The molecule has 0 amide bonds. The molecule has 0 N–H and O–H groups in total. The van der Waals surface area contributed by atoms with Crippen LogP contribution in [-0.4, -0.2) is 28.7 Å². The largest absolute Gasteiger partial charge is 0.309 e. The highest BCUT2D eigenvalue weighted by atomic mass is 15.2.